The van der Waals surface area contributed by atoms with E-state index in [9.17, 15) is 9.59 Å². The molecule has 2 aromatic rings. The van der Waals surface area contributed by atoms with E-state index in [1.165, 1.54) is 0 Å². The molecule has 136 valence electrons. The Morgan fingerprint density at radius 1 is 1.15 bits per heavy atom. The number of rotatable bonds is 5. The Labute approximate surface area is 153 Å². The lowest BCUT2D eigenvalue weighted by Crippen LogP contribution is -2.35. The molecule has 0 aliphatic carbocycles. The normalized spacial score (nSPS) is 15.5. The Morgan fingerprint density at radius 2 is 1.92 bits per heavy atom. The van der Waals surface area contributed by atoms with Gasteiger partial charge in [-0.15, -0.1) is 0 Å². The first-order valence-electron chi connectivity index (χ1n) is 8.91. The number of fused-ring (bicyclic) bond motifs is 1. The van der Waals surface area contributed by atoms with Gasteiger partial charge in [-0.1, -0.05) is 35.9 Å². The number of hydrogen-bond acceptors (Lipinski definition) is 3. The van der Waals surface area contributed by atoms with Crippen molar-refractivity contribution in [3.8, 4) is 5.75 Å². The average Bonchev–Trinajstić information content (AvgIpc) is 2.63. The molecule has 0 saturated carbocycles. The van der Waals surface area contributed by atoms with Gasteiger partial charge in [0.25, 0.3) is 5.91 Å². The zero-order valence-electron chi connectivity index (χ0n) is 15.2. The van der Waals surface area contributed by atoms with Crippen LogP contribution < -0.4 is 15.4 Å². The van der Waals surface area contributed by atoms with Crippen LogP contribution in [0.2, 0.25) is 0 Å². The van der Waals surface area contributed by atoms with Gasteiger partial charge < -0.3 is 15.4 Å². The number of carbonyl (C=O) groups is 2. The zero-order chi connectivity index (χ0) is 18.5. The first-order valence-corrected chi connectivity index (χ1v) is 8.91. The Bertz CT molecular complexity index is 802. The third kappa shape index (κ3) is 4.23. The van der Waals surface area contributed by atoms with Crippen molar-refractivity contribution in [2.75, 3.05) is 13.2 Å². The van der Waals surface area contributed by atoms with Gasteiger partial charge >= 0.3 is 0 Å². The lowest BCUT2D eigenvalue weighted by Gasteiger charge is -2.28. The number of ether oxygens (including phenoxy) is 1. The second kappa shape index (κ2) is 8.04. The van der Waals surface area contributed by atoms with Crippen LogP contribution in [0.1, 0.15) is 45.9 Å². The molecule has 0 bridgehead atoms. The maximum Gasteiger partial charge on any atom is 0.251 e. The topological polar surface area (TPSA) is 67.4 Å². The van der Waals surface area contributed by atoms with Gasteiger partial charge in [-0.3, -0.25) is 9.59 Å². The highest BCUT2D eigenvalue weighted by atomic mass is 16.5. The molecule has 3 rings (SSSR count). The van der Waals surface area contributed by atoms with Crippen LogP contribution in [0.15, 0.2) is 42.5 Å². The van der Waals surface area contributed by atoms with Gasteiger partial charge in [-0.2, -0.15) is 0 Å². The Morgan fingerprint density at radius 3 is 2.69 bits per heavy atom. The first-order chi connectivity index (χ1) is 12.5. The van der Waals surface area contributed by atoms with Crippen molar-refractivity contribution in [2.45, 2.75) is 32.7 Å². The average molecular weight is 352 g/mol. The Kier molecular flexibility index (Phi) is 5.56. The largest absolute Gasteiger partial charge is 0.493 e. The van der Waals surface area contributed by atoms with E-state index in [2.05, 4.69) is 22.8 Å². The van der Waals surface area contributed by atoms with Crippen molar-refractivity contribution in [1.29, 1.82) is 0 Å². The second-order valence-electron chi connectivity index (χ2n) is 6.63. The van der Waals surface area contributed by atoms with E-state index in [0.717, 1.165) is 28.9 Å². The molecule has 1 atom stereocenters. The van der Waals surface area contributed by atoms with Gasteiger partial charge in [0.15, 0.2) is 0 Å². The molecule has 26 heavy (non-hydrogen) atoms. The zero-order valence-corrected chi connectivity index (χ0v) is 15.2. The van der Waals surface area contributed by atoms with Crippen molar-refractivity contribution < 1.29 is 14.3 Å². The molecule has 1 unspecified atom stereocenters. The van der Waals surface area contributed by atoms with Crippen LogP contribution >= 0.6 is 0 Å². The van der Waals surface area contributed by atoms with E-state index >= 15 is 0 Å². The van der Waals surface area contributed by atoms with E-state index in [4.69, 9.17) is 4.74 Å². The molecule has 2 amide bonds. The fourth-order valence-corrected chi connectivity index (χ4v) is 3.28. The summed E-state index contributed by atoms with van der Waals surface area (Å²) in [6, 6.07) is 13.1. The molecule has 2 N–H and O–H groups in total. The standard InChI is InChI=1S/C21H24N2O3/c1-14-12-15(2)20-17(13-14)18(9-11-26-20)23-19(24)8-10-22-21(25)16-6-4-3-5-7-16/h3-7,12-13,18H,8-11H2,1-2H3,(H,22,25)(H,23,24). The molecule has 5 heteroatoms. The molecule has 1 aliphatic rings. The van der Waals surface area contributed by atoms with Crippen LogP contribution in [0, 0.1) is 13.8 Å². The highest BCUT2D eigenvalue weighted by Crippen LogP contribution is 2.35. The Balaban J connectivity index is 1.54. The first kappa shape index (κ1) is 18.0. The summed E-state index contributed by atoms with van der Waals surface area (Å²) < 4.78 is 5.77. The summed E-state index contributed by atoms with van der Waals surface area (Å²) in [7, 11) is 0. The van der Waals surface area contributed by atoms with E-state index in [0.29, 0.717) is 18.7 Å². The quantitative estimate of drug-likeness (QED) is 0.869. The van der Waals surface area contributed by atoms with Crippen LogP contribution in [0.25, 0.3) is 0 Å². The summed E-state index contributed by atoms with van der Waals surface area (Å²) in [6.45, 7) is 4.96. The smallest absolute Gasteiger partial charge is 0.251 e. The molecule has 0 aromatic heterocycles. The fraction of sp³-hybridized carbons (Fsp3) is 0.333. The van der Waals surface area contributed by atoms with Crippen molar-refractivity contribution in [3.05, 3.63) is 64.7 Å². The van der Waals surface area contributed by atoms with Crippen LogP contribution in [-0.4, -0.2) is 25.0 Å². The summed E-state index contributed by atoms with van der Waals surface area (Å²) in [5.74, 6) is 0.640. The van der Waals surface area contributed by atoms with Gasteiger partial charge in [-0.25, -0.2) is 0 Å². The highest BCUT2D eigenvalue weighted by Gasteiger charge is 2.24. The maximum absolute atomic E-state index is 12.3. The van der Waals surface area contributed by atoms with E-state index in [-0.39, 0.29) is 24.3 Å². The molecule has 0 saturated heterocycles. The monoisotopic (exact) mass is 352 g/mol. The molecule has 0 fully saturated rings. The lowest BCUT2D eigenvalue weighted by atomic mass is 9.95. The van der Waals surface area contributed by atoms with Crippen molar-refractivity contribution in [2.24, 2.45) is 0 Å². The summed E-state index contributed by atoms with van der Waals surface area (Å²) in [4.78, 5) is 24.3. The molecule has 2 aromatic carbocycles. The van der Waals surface area contributed by atoms with Gasteiger partial charge in [0.2, 0.25) is 5.91 Å². The molecule has 1 aliphatic heterocycles. The van der Waals surface area contributed by atoms with E-state index in [1.54, 1.807) is 12.1 Å². The van der Waals surface area contributed by atoms with Crippen molar-refractivity contribution in [1.82, 2.24) is 10.6 Å². The number of carbonyl (C=O) groups excluding carboxylic acids is 2. The predicted octanol–water partition coefficient (Wildman–Crippen LogP) is 3.06. The second-order valence-corrected chi connectivity index (χ2v) is 6.63. The maximum atomic E-state index is 12.3. The minimum absolute atomic E-state index is 0.0466. The molecule has 0 spiro atoms. The number of aryl methyl sites for hydroxylation is 2. The van der Waals surface area contributed by atoms with Crippen molar-refractivity contribution in [3.63, 3.8) is 0 Å². The molecule has 5 nitrogen and oxygen atoms in total. The van der Waals surface area contributed by atoms with Gasteiger partial charge in [0, 0.05) is 30.5 Å². The lowest BCUT2D eigenvalue weighted by molar-refractivity contribution is -0.121. The van der Waals surface area contributed by atoms with E-state index in [1.807, 2.05) is 32.0 Å². The number of benzene rings is 2. The minimum atomic E-state index is -0.166. The molecule has 1 heterocycles. The van der Waals surface area contributed by atoms with Crippen molar-refractivity contribution >= 4 is 11.8 Å². The number of amides is 2. The number of hydrogen-bond donors (Lipinski definition) is 2. The molecule has 0 radical (unpaired) electrons. The SMILES string of the molecule is Cc1cc(C)c2c(c1)C(NC(=O)CCNC(=O)c1ccccc1)CCO2. The highest BCUT2D eigenvalue weighted by molar-refractivity contribution is 5.94. The minimum Gasteiger partial charge on any atom is -0.493 e. The number of nitrogens with one attached hydrogen (secondary N) is 2. The van der Waals surface area contributed by atoms with Gasteiger partial charge in [0.05, 0.1) is 12.6 Å². The van der Waals surface area contributed by atoms with Crippen LogP contribution in [0.5, 0.6) is 5.75 Å². The van der Waals surface area contributed by atoms with Crippen LogP contribution in [0.3, 0.4) is 0 Å². The molecular weight excluding hydrogens is 328 g/mol. The summed E-state index contributed by atoms with van der Waals surface area (Å²) in [6.07, 6.45) is 0.994. The van der Waals surface area contributed by atoms with Crippen LogP contribution in [-0.2, 0) is 4.79 Å². The van der Waals surface area contributed by atoms with Gasteiger partial charge in [-0.05, 0) is 31.5 Å². The fourth-order valence-electron chi connectivity index (χ4n) is 3.28. The predicted molar refractivity (Wildman–Crippen MR) is 100 cm³/mol. The summed E-state index contributed by atoms with van der Waals surface area (Å²) >= 11 is 0. The third-order valence-electron chi connectivity index (χ3n) is 4.48. The van der Waals surface area contributed by atoms with E-state index < -0.39 is 0 Å². The molecular formula is C21H24N2O3. The van der Waals surface area contributed by atoms with Crippen LogP contribution in [0.4, 0.5) is 0 Å². The summed E-state index contributed by atoms with van der Waals surface area (Å²) in [5.41, 5.74) is 3.88. The van der Waals surface area contributed by atoms with Gasteiger partial charge in [0.1, 0.15) is 5.75 Å². The third-order valence-corrected chi connectivity index (χ3v) is 4.48. The summed E-state index contributed by atoms with van der Waals surface area (Å²) in [5, 5.41) is 5.85. The Hall–Kier alpha value is -2.82.